The first kappa shape index (κ1) is 16.3. The molecule has 2 rings (SSSR count). The molecule has 0 heterocycles. The Morgan fingerprint density at radius 3 is 2.30 bits per heavy atom. The third-order valence-corrected chi connectivity index (χ3v) is 6.67. The van der Waals surface area contributed by atoms with E-state index in [1.54, 1.807) is 0 Å². The van der Waals surface area contributed by atoms with E-state index in [2.05, 4.69) is 32.6 Å². The van der Waals surface area contributed by atoms with Crippen LogP contribution in [0.1, 0.15) is 72.6 Å². The zero-order valence-corrected chi connectivity index (χ0v) is 14.2. The minimum Gasteiger partial charge on any atom is -0.327 e. The number of hydrogen-bond donors (Lipinski definition) is 1. The summed E-state index contributed by atoms with van der Waals surface area (Å²) < 4.78 is 0. The second kappa shape index (κ2) is 6.79. The summed E-state index contributed by atoms with van der Waals surface area (Å²) >= 11 is 0. The van der Waals surface area contributed by atoms with Crippen LogP contribution in [0.4, 0.5) is 0 Å². The molecule has 0 aliphatic heterocycles. The average Bonchev–Trinajstić information content (AvgIpc) is 2.45. The van der Waals surface area contributed by atoms with Crippen molar-refractivity contribution in [3.8, 4) is 0 Å². The van der Waals surface area contributed by atoms with Crippen LogP contribution in [-0.4, -0.2) is 30.1 Å². The van der Waals surface area contributed by atoms with Crippen molar-refractivity contribution < 1.29 is 0 Å². The van der Waals surface area contributed by atoms with E-state index in [0.29, 0.717) is 17.4 Å². The van der Waals surface area contributed by atoms with Gasteiger partial charge in [0.05, 0.1) is 0 Å². The van der Waals surface area contributed by atoms with Gasteiger partial charge in [-0.05, 0) is 49.5 Å². The molecule has 0 spiro atoms. The second-order valence-corrected chi connectivity index (χ2v) is 7.93. The molecule has 3 atom stereocenters. The van der Waals surface area contributed by atoms with Crippen LogP contribution < -0.4 is 5.73 Å². The SMILES string of the molecule is CCN(CC1CCC(N)C(C)C1(C)C)C1CCCCC1. The maximum atomic E-state index is 6.31. The van der Waals surface area contributed by atoms with Crippen LogP contribution in [0.2, 0.25) is 0 Å². The molecule has 0 aromatic heterocycles. The highest BCUT2D eigenvalue weighted by molar-refractivity contribution is 4.95. The lowest BCUT2D eigenvalue weighted by molar-refractivity contribution is 0.0151. The summed E-state index contributed by atoms with van der Waals surface area (Å²) in [7, 11) is 0. The Morgan fingerprint density at radius 1 is 1.05 bits per heavy atom. The molecule has 20 heavy (non-hydrogen) atoms. The molecule has 118 valence electrons. The minimum absolute atomic E-state index is 0.389. The molecule has 0 bridgehead atoms. The molecule has 0 aromatic rings. The molecule has 0 radical (unpaired) electrons. The largest absolute Gasteiger partial charge is 0.327 e. The molecule has 2 heteroatoms. The van der Waals surface area contributed by atoms with Crippen LogP contribution >= 0.6 is 0 Å². The standard InChI is InChI=1S/C18H36N2/c1-5-20(16-9-7-6-8-10-16)13-15-11-12-17(19)14(2)18(15,3)4/h14-17H,5-13,19H2,1-4H3. The Kier molecular flexibility index (Phi) is 5.53. The number of hydrogen-bond acceptors (Lipinski definition) is 2. The van der Waals surface area contributed by atoms with Crippen LogP contribution in [0.25, 0.3) is 0 Å². The predicted molar refractivity (Wildman–Crippen MR) is 87.8 cm³/mol. The van der Waals surface area contributed by atoms with Gasteiger partial charge in [-0.2, -0.15) is 0 Å². The lowest BCUT2D eigenvalue weighted by atomic mass is 9.61. The molecule has 0 amide bonds. The first-order valence-corrected chi connectivity index (χ1v) is 8.96. The fraction of sp³-hybridized carbons (Fsp3) is 1.00. The van der Waals surface area contributed by atoms with E-state index in [1.165, 1.54) is 58.0 Å². The van der Waals surface area contributed by atoms with Gasteiger partial charge in [0, 0.05) is 18.6 Å². The highest BCUT2D eigenvalue weighted by Gasteiger charge is 2.42. The molecule has 0 saturated heterocycles. The van der Waals surface area contributed by atoms with E-state index in [9.17, 15) is 0 Å². The molecular weight excluding hydrogens is 244 g/mol. The van der Waals surface area contributed by atoms with E-state index in [-0.39, 0.29) is 0 Å². The van der Waals surface area contributed by atoms with E-state index in [1.807, 2.05) is 0 Å². The van der Waals surface area contributed by atoms with Gasteiger partial charge >= 0.3 is 0 Å². The summed E-state index contributed by atoms with van der Waals surface area (Å²) in [6.45, 7) is 12.1. The summed E-state index contributed by atoms with van der Waals surface area (Å²) in [5.74, 6) is 1.46. The van der Waals surface area contributed by atoms with Gasteiger partial charge < -0.3 is 10.6 Å². The van der Waals surface area contributed by atoms with Crippen molar-refractivity contribution in [1.29, 1.82) is 0 Å². The number of nitrogens with zero attached hydrogens (tertiary/aromatic N) is 1. The molecule has 2 saturated carbocycles. The Labute approximate surface area is 126 Å². The van der Waals surface area contributed by atoms with Gasteiger partial charge in [0.2, 0.25) is 0 Å². The fourth-order valence-corrected chi connectivity index (χ4v) is 4.53. The van der Waals surface area contributed by atoms with Crippen molar-refractivity contribution in [2.45, 2.75) is 84.7 Å². The summed E-state index contributed by atoms with van der Waals surface area (Å²) in [4.78, 5) is 2.79. The topological polar surface area (TPSA) is 29.3 Å². The highest BCUT2D eigenvalue weighted by atomic mass is 15.2. The summed E-state index contributed by atoms with van der Waals surface area (Å²) in [5, 5.41) is 0. The zero-order chi connectivity index (χ0) is 14.8. The van der Waals surface area contributed by atoms with E-state index in [0.717, 1.165) is 12.0 Å². The van der Waals surface area contributed by atoms with Crippen molar-refractivity contribution in [2.24, 2.45) is 23.0 Å². The van der Waals surface area contributed by atoms with E-state index in [4.69, 9.17) is 5.73 Å². The average molecular weight is 281 g/mol. The maximum absolute atomic E-state index is 6.31. The number of rotatable bonds is 4. The fourth-order valence-electron chi connectivity index (χ4n) is 4.53. The smallest absolute Gasteiger partial charge is 0.00952 e. The van der Waals surface area contributed by atoms with Gasteiger partial charge in [-0.25, -0.2) is 0 Å². The second-order valence-electron chi connectivity index (χ2n) is 7.93. The summed E-state index contributed by atoms with van der Waals surface area (Å²) in [5.41, 5.74) is 6.70. The van der Waals surface area contributed by atoms with Crippen LogP contribution in [-0.2, 0) is 0 Å². The molecule has 2 nitrogen and oxygen atoms in total. The van der Waals surface area contributed by atoms with Crippen LogP contribution in [0, 0.1) is 17.3 Å². The molecular formula is C18H36N2. The van der Waals surface area contributed by atoms with Crippen LogP contribution in [0.5, 0.6) is 0 Å². The van der Waals surface area contributed by atoms with Gasteiger partial charge in [0.15, 0.2) is 0 Å². The summed E-state index contributed by atoms with van der Waals surface area (Å²) in [6, 6.07) is 1.27. The molecule has 2 N–H and O–H groups in total. The van der Waals surface area contributed by atoms with Crippen molar-refractivity contribution in [3.05, 3.63) is 0 Å². The maximum Gasteiger partial charge on any atom is 0.00952 e. The normalized spacial score (nSPS) is 35.4. The monoisotopic (exact) mass is 280 g/mol. The first-order valence-electron chi connectivity index (χ1n) is 8.96. The quantitative estimate of drug-likeness (QED) is 0.842. The highest BCUT2D eigenvalue weighted by Crippen LogP contribution is 2.45. The van der Waals surface area contributed by atoms with Crippen LogP contribution in [0.15, 0.2) is 0 Å². The van der Waals surface area contributed by atoms with Crippen molar-refractivity contribution >= 4 is 0 Å². The zero-order valence-electron chi connectivity index (χ0n) is 14.2. The Hall–Kier alpha value is -0.0800. The Morgan fingerprint density at radius 2 is 1.70 bits per heavy atom. The number of nitrogens with two attached hydrogens (primary N) is 1. The molecule has 2 fully saturated rings. The molecule has 2 aliphatic rings. The Balaban J connectivity index is 1.99. The van der Waals surface area contributed by atoms with E-state index >= 15 is 0 Å². The molecule has 3 unspecified atom stereocenters. The van der Waals surface area contributed by atoms with Gasteiger partial charge in [-0.15, -0.1) is 0 Å². The summed E-state index contributed by atoms with van der Waals surface area (Å²) in [6.07, 6.45) is 9.73. The predicted octanol–water partition coefficient (Wildman–Crippen LogP) is 4.04. The lowest BCUT2D eigenvalue weighted by Gasteiger charge is -2.49. The van der Waals surface area contributed by atoms with Gasteiger partial charge in [-0.3, -0.25) is 0 Å². The first-order chi connectivity index (χ1) is 9.46. The van der Waals surface area contributed by atoms with Crippen molar-refractivity contribution in [1.82, 2.24) is 4.90 Å². The van der Waals surface area contributed by atoms with E-state index < -0.39 is 0 Å². The van der Waals surface area contributed by atoms with Gasteiger partial charge in [-0.1, -0.05) is 47.0 Å². The third kappa shape index (κ3) is 3.39. The van der Waals surface area contributed by atoms with Crippen LogP contribution in [0.3, 0.4) is 0 Å². The Bertz CT molecular complexity index is 294. The van der Waals surface area contributed by atoms with Crippen molar-refractivity contribution in [3.63, 3.8) is 0 Å². The third-order valence-electron chi connectivity index (χ3n) is 6.67. The minimum atomic E-state index is 0.389. The molecule has 2 aliphatic carbocycles. The van der Waals surface area contributed by atoms with Gasteiger partial charge in [0.1, 0.15) is 0 Å². The lowest BCUT2D eigenvalue weighted by Crippen LogP contribution is -2.51. The van der Waals surface area contributed by atoms with Gasteiger partial charge in [0.25, 0.3) is 0 Å². The molecule has 0 aromatic carbocycles. The van der Waals surface area contributed by atoms with Crippen molar-refractivity contribution in [2.75, 3.05) is 13.1 Å².